The van der Waals surface area contributed by atoms with E-state index in [1.54, 1.807) is 12.1 Å². The summed E-state index contributed by atoms with van der Waals surface area (Å²) < 4.78 is 39.8. The summed E-state index contributed by atoms with van der Waals surface area (Å²) in [7, 11) is -3.97. The minimum Gasteiger partial charge on any atom is -0.491 e. The van der Waals surface area contributed by atoms with Crippen LogP contribution >= 0.6 is 0 Å². The quantitative estimate of drug-likeness (QED) is 0.652. The summed E-state index contributed by atoms with van der Waals surface area (Å²) in [5, 5.41) is 17.4. The van der Waals surface area contributed by atoms with Crippen molar-refractivity contribution in [3.05, 3.63) is 48.5 Å². The zero-order valence-corrected chi connectivity index (χ0v) is 13.6. The molecular formula is C16H18O7S. The molecular weight excluding hydrogens is 336 g/mol. The lowest BCUT2D eigenvalue weighted by molar-refractivity contribution is 0.201. The lowest BCUT2D eigenvalue weighted by Gasteiger charge is -2.09. The number of hydrogen-bond acceptors (Lipinski definition) is 7. The van der Waals surface area contributed by atoms with E-state index >= 15 is 0 Å². The zero-order chi connectivity index (χ0) is 17.4. The molecule has 0 saturated heterocycles. The van der Waals surface area contributed by atoms with Crippen LogP contribution in [0, 0.1) is 0 Å². The first kappa shape index (κ1) is 18.1. The molecule has 2 rings (SSSR count). The van der Waals surface area contributed by atoms with Gasteiger partial charge in [-0.25, -0.2) is 0 Å². The van der Waals surface area contributed by atoms with Crippen LogP contribution in [-0.2, 0) is 10.1 Å². The Morgan fingerprint density at radius 3 is 1.58 bits per heavy atom. The third kappa shape index (κ3) is 5.12. The Balaban J connectivity index is 2.04. The average molecular weight is 354 g/mol. The van der Waals surface area contributed by atoms with E-state index < -0.39 is 10.1 Å². The second-order valence-electron chi connectivity index (χ2n) is 4.62. The first-order chi connectivity index (χ1) is 11.5. The topological polar surface area (TPSA) is 102 Å². The molecule has 7 nitrogen and oxygen atoms in total. The predicted octanol–water partition coefficient (Wildman–Crippen LogP) is 1.20. The summed E-state index contributed by atoms with van der Waals surface area (Å²) in [6.07, 6.45) is 0. The molecule has 0 saturated carbocycles. The highest BCUT2D eigenvalue weighted by Gasteiger charge is 2.16. The molecule has 0 spiro atoms. The van der Waals surface area contributed by atoms with Gasteiger partial charge in [0.1, 0.15) is 35.4 Å². The Hall–Kier alpha value is -2.29. The Labute approximate surface area is 140 Å². The van der Waals surface area contributed by atoms with Gasteiger partial charge in [-0.3, -0.25) is 0 Å². The van der Waals surface area contributed by atoms with Crippen molar-refractivity contribution in [2.75, 3.05) is 26.4 Å². The van der Waals surface area contributed by atoms with E-state index in [9.17, 15) is 8.42 Å². The van der Waals surface area contributed by atoms with E-state index in [0.717, 1.165) is 0 Å². The highest BCUT2D eigenvalue weighted by atomic mass is 32.2. The minimum absolute atomic E-state index is 0.0144. The maximum atomic E-state index is 12.2. The number of rotatable bonds is 9. The maximum absolute atomic E-state index is 12.2. The van der Waals surface area contributed by atoms with Crippen LogP contribution in [-0.4, -0.2) is 45.1 Å². The number of benzene rings is 2. The van der Waals surface area contributed by atoms with Crippen molar-refractivity contribution in [3.8, 4) is 17.2 Å². The van der Waals surface area contributed by atoms with Crippen molar-refractivity contribution in [2.45, 2.75) is 4.90 Å². The molecule has 24 heavy (non-hydrogen) atoms. The number of aliphatic hydroxyl groups is 2. The van der Waals surface area contributed by atoms with Gasteiger partial charge in [0.05, 0.1) is 13.2 Å². The molecule has 2 aromatic carbocycles. The summed E-state index contributed by atoms with van der Waals surface area (Å²) in [5.41, 5.74) is 0. The first-order valence-corrected chi connectivity index (χ1v) is 8.58. The van der Waals surface area contributed by atoms with E-state index in [1.807, 2.05) is 0 Å². The number of hydrogen-bond donors (Lipinski definition) is 2. The van der Waals surface area contributed by atoms with Crippen molar-refractivity contribution in [3.63, 3.8) is 0 Å². The predicted molar refractivity (Wildman–Crippen MR) is 85.9 cm³/mol. The van der Waals surface area contributed by atoms with Gasteiger partial charge in [0.2, 0.25) is 0 Å². The van der Waals surface area contributed by atoms with Crippen molar-refractivity contribution >= 4 is 10.1 Å². The number of aliphatic hydroxyl groups excluding tert-OH is 2. The highest BCUT2D eigenvalue weighted by molar-refractivity contribution is 7.87. The Morgan fingerprint density at radius 2 is 1.12 bits per heavy atom. The van der Waals surface area contributed by atoms with Gasteiger partial charge in [-0.15, -0.1) is 0 Å². The molecule has 0 aliphatic heterocycles. The third-order valence-corrected chi connectivity index (χ3v) is 4.12. The summed E-state index contributed by atoms with van der Waals surface area (Å²) in [4.78, 5) is -0.0144. The van der Waals surface area contributed by atoms with E-state index in [-0.39, 0.29) is 37.1 Å². The van der Waals surface area contributed by atoms with Crippen LogP contribution in [0.2, 0.25) is 0 Å². The summed E-state index contributed by atoms with van der Waals surface area (Å²) >= 11 is 0. The van der Waals surface area contributed by atoms with Crippen molar-refractivity contribution in [2.24, 2.45) is 0 Å². The second-order valence-corrected chi connectivity index (χ2v) is 6.17. The standard InChI is InChI=1S/C16H18O7S/c17-9-11-21-13-1-3-15(4-2-13)23-24(19,20)16-7-5-14(6-8-16)22-12-10-18/h1-8,17-18H,9-12H2. The monoisotopic (exact) mass is 354 g/mol. The van der Waals surface area contributed by atoms with Gasteiger partial charge in [-0.1, -0.05) is 0 Å². The average Bonchev–Trinajstić information content (AvgIpc) is 2.59. The van der Waals surface area contributed by atoms with E-state index in [0.29, 0.717) is 11.5 Å². The van der Waals surface area contributed by atoms with Crippen LogP contribution in [0.25, 0.3) is 0 Å². The molecule has 0 aromatic heterocycles. The summed E-state index contributed by atoms with van der Waals surface area (Å²) in [5.74, 6) is 1.10. The van der Waals surface area contributed by atoms with Gasteiger partial charge in [-0.2, -0.15) is 8.42 Å². The molecule has 0 aliphatic rings. The van der Waals surface area contributed by atoms with Crippen LogP contribution < -0.4 is 13.7 Å². The fourth-order valence-corrected chi connectivity index (χ4v) is 2.73. The second kappa shape index (κ2) is 8.53. The normalized spacial score (nSPS) is 11.1. The lowest BCUT2D eigenvalue weighted by Crippen LogP contribution is -2.10. The van der Waals surface area contributed by atoms with Crippen molar-refractivity contribution in [1.29, 1.82) is 0 Å². The van der Waals surface area contributed by atoms with Crippen LogP contribution in [0.4, 0.5) is 0 Å². The molecule has 130 valence electrons. The SMILES string of the molecule is O=S(=O)(Oc1ccc(OCCO)cc1)c1ccc(OCCO)cc1. The van der Waals surface area contributed by atoms with Crippen molar-refractivity contribution in [1.82, 2.24) is 0 Å². The first-order valence-electron chi connectivity index (χ1n) is 7.17. The molecule has 0 radical (unpaired) electrons. The molecule has 0 heterocycles. The Kier molecular flexibility index (Phi) is 6.42. The van der Waals surface area contributed by atoms with Crippen molar-refractivity contribution < 1.29 is 32.3 Å². The van der Waals surface area contributed by atoms with Gasteiger partial charge in [0, 0.05) is 0 Å². The fraction of sp³-hybridized carbons (Fsp3) is 0.250. The zero-order valence-electron chi connectivity index (χ0n) is 12.8. The van der Waals surface area contributed by atoms with Gasteiger partial charge < -0.3 is 23.9 Å². The molecule has 0 fully saturated rings. The van der Waals surface area contributed by atoms with Gasteiger partial charge in [-0.05, 0) is 48.5 Å². The molecule has 0 atom stereocenters. The minimum atomic E-state index is -3.97. The third-order valence-electron chi connectivity index (χ3n) is 2.86. The van der Waals surface area contributed by atoms with E-state index in [2.05, 4.69) is 0 Å². The van der Waals surface area contributed by atoms with Crippen LogP contribution in [0.15, 0.2) is 53.4 Å². The van der Waals surface area contributed by atoms with Crippen LogP contribution in [0.3, 0.4) is 0 Å². The number of ether oxygens (including phenoxy) is 2. The molecule has 8 heteroatoms. The summed E-state index contributed by atoms with van der Waals surface area (Å²) in [6, 6.07) is 11.7. The van der Waals surface area contributed by atoms with E-state index in [1.165, 1.54) is 36.4 Å². The Morgan fingerprint density at radius 1 is 0.708 bits per heavy atom. The molecule has 2 aromatic rings. The largest absolute Gasteiger partial charge is 0.491 e. The van der Waals surface area contributed by atoms with Gasteiger partial charge >= 0.3 is 10.1 Å². The smallest absolute Gasteiger partial charge is 0.339 e. The molecule has 2 N–H and O–H groups in total. The fourth-order valence-electron chi connectivity index (χ4n) is 1.80. The van der Waals surface area contributed by atoms with Crippen LogP contribution in [0.5, 0.6) is 17.2 Å². The molecule has 0 unspecified atom stereocenters. The van der Waals surface area contributed by atoms with Gasteiger partial charge in [0.15, 0.2) is 0 Å². The lowest BCUT2D eigenvalue weighted by atomic mass is 10.3. The summed E-state index contributed by atoms with van der Waals surface area (Å²) in [6.45, 7) is 0.0579. The molecule has 0 amide bonds. The Bertz CT molecular complexity index is 724. The van der Waals surface area contributed by atoms with Gasteiger partial charge in [0.25, 0.3) is 0 Å². The highest BCUT2D eigenvalue weighted by Crippen LogP contribution is 2.23. The van der Waals surface area contributed by atoms with Crippen LogP contribution in [0.1, 0.15) is 0 Å². The molecule has 0 aliphatic carbocycles. The van der Waals surface area contributed by atoms with E-state index in [4.69, 9.17) is 23.9 Å². The maximum Gasteiger partial charge on any atom is 0.339 e. The molecule has 0 bridgehead atoms.